The maximum absolute atomic E-state index is 13.7. The molecule has 9 heteroatoms. The van der Waals surface area contributed by atoms with E-state index in [0.29, 0.717) is 33.7 Å². The van der Waals surface area contributed by atoms with Crippen LogP contribution in [0.2, 0.25) is 0 Å². The Labute approximate surface area is 204 Å². The second-order valence-electron chi connectivity index (χ2n) is 10.5. The highest BCUT2D eigenvalue weighted by Crippen LogP contribution is 2.46. The lowest BCUT2D eigenvalue weighted by Gasteiger charge is -2.36. The molecule has 2 aliphatic rings. The van der Waals surface area contributed by atoms with Gasteiger partial charge < -0.3 is 18.9 Å². The molecule has 3 heterocycles. The average Bonchev–Trinajstić information content (AvgIpc) is 3.14. The molecule has 188 valence electrons. The molecule has 1 aromatic carbocycles. The number of carbonyl (C=O) groups is 3. The van der Waals surface area contributed by atoms with Gasteiger partial charge in [-0.15, -0.1) is 0 Å². The maximum atomic E-state index is 13.7. The Bertz CT molecular complexity index is 1200. The fourth-order valence-corrected chi connectivity index (χ4v) is 4.78. The van der Waals surface area contributed by atoms with Crippen molar-refractivity contribution in [1.82, 2.24) is 9.88 Å². The molecule has 9 nitrogen and oxygen atoms in total. The maximum Gasteiger partial charge on any atom is 0.411 e. The van der Waals surface area contributed by atoms with Crippen LogP contribution in [0.3, 0.4) is 0 Å². The molecule has 1 amide bonds. The van der Waals surface area contributed by atoms with Crippen LogP contribution in [-0.4, -0.2) is 65.7 Å². The van der Waals surface area contributed by atoms with Crippen molar-refractivity contribution in [3.8, 4) is 11.5 Å². The number of ketones is 1. The van der Waals surface area contributed by atoms with Crippen molar-refractivity contribution in [2.45, 2.75) is 70.6 Å². The Kier molecular flexibility index (Phi) is 6.15. The van der Waals surface area contributed by atoms with Crippen LogP contribution in [-0.2, 0) is 14.3 Å². The standard InChI is InChI=1S/C26H32N2O7/c1-14(2)21-22-20(16-10-15(32-6)8-9-17(16)27-21)19(29)12-26(34-22)11-18(23(30)33-7)28(13-26)24(31)35-25(3,4)5/h8-10,14,18H,11-13H2,1-7H3/t18-,26?/m0/s1. The molecule has 1 spiro atoms. The van der Waals surface area contributed by atoms with E-state index in [2.05, 4.69) is 0 Å². The van der Waals surface area contributed by atoms with Crippen molar-refractivity contribution < 1.29 is 33.3 Å². The van der Waals surface area contributed by atoms with Crippen LogP contribution >= 0.6 is 0 Å². The fraction of sp³-hybridized carbons (Fsp3) is 0.538. The molecule has 1 fully saturated rings. The van der Waals surface area contributed by atoms with Gasteiger partial charge in [0.15, 0.2) is 11.5 Å². The van der Waals surface area contributed by atoms with Crippen LogP contribution in [0.25, 0.3) is 10.9 Å². The summed E-state index contributed by atoms with van der Waals surface area (Å²) in [5, 5.41) is 0.648. The van der Waals surface area contributed by atoms with E-state index in [9.17, 15) is 14.4 Å². The van der Waals surface area contributed by atoms with Crippen LogP contribution < -0.4 is 9.47 Å². The van der Waals surface area contributed by atoms with Gasteiger partial charge in [0.05, 0.1) is 44.0 Å². The summed E-state index contributed by atoms with van der Waals surface area (Å²) in [5.74, 6) is 0.253. The summed E-state index contributed by atoms with van der Waals surface area (Å²) in [4.78, 5) is 45.4. The van der Waals surface area contributed by atoms with E-state index in [0.717, 1.165) is 0 Å². The number of hydrogen-bond donors (Lipinski definition) is 0. The number of hydrogen-bond acceptors (Lipinski definition) is 8. The predicted octanol–water partition coefficient (Wildman–Crippen LogP) is 4.25. The Balaban J connectivity index is 1.81. The van der Waals surface area contributed by atoms with E-state index in [1.54, 1.807) is 40.0 Å². The topological polar surface area (TPSA) is 104 Å². The molecule has 0 N–H and O–H groups in total. The number of esters is 1. The zero-order valence-corrected chi connectivity index (χ0v) is 21.3. The van der Waals surface area contributed by atoms with Gasteiger partial charge in [0.25, 0.3) is 0 Å². The van der Waals surface area contributed by atoms with Crippen molar-refractivity contribution in [3.05, 3.63) is 29.5 Å². The molecule has 2 aliphatic heterocycles. The zero-order chi connectivity index (χ0) is 25.7. The predicted molar refractivity (Wildman–Crippen MR) is 128 cm³/mol. The number of likely N-dealkylation sites (tertiary alicyclic amines) is 1. The quantitative estimate of drug-likeness (QED) is 0.596. The molecule has 2 atom stereocenters. The first kappa shape index (κ1) is 24.8. The number of amides is 1. The number of rotatable bonds is 3. The minimum absolute atomic E-state index is 0.000645. The lowest BCUT2D eigenvalue weighted by atomic mass is 9.85. The van der Waals surface area contributed by atoms with Crippen molar-refractivity contribution in [2.24, 2.45) is 0 Å². The van der Waals surface area contributed by atoms with Gasteiger partial charge in [-0.05, 0) is 44.9 Å². The summed E-state index contributed by atoms with van der Waals surface area (Å²) in [5.41, 5.74) is -0.0762. The van der Waals surface area contributed by atoms with E-state index >= 15 is 0 Å². The van der Waals surface area contributed by atoms with Gasteiger partial charge >= 0.3 is 12.1 Å². The monoisotopic (exact) mass is 484 g/mol. The lowest BCUT2D eigenvalue weighted by Crippen LogP contribution is -2.47. The molecule has 1 aromatic heterocycles. The van der Waals surface area contributed by atoms with Gasteiger partial charge in [0.1, 0.15) is 23.0 Å². The molecule has 4 rings (SSSR count). The van der Waals surface area contributed by atoms with E-state index in [-0.39, 0.29) is 31.1 Å². The molecule has 0 saturated carbocycles. The van der Waals surface area contributed by atoms with Gasteiger partial charge in [0, 0.05) is 11.8 Å². The molecule has 35 heavy (non-hydrogen) atoms. The minimum atomic E-state index is -1.10. The normalized spacial score (nSPS) is 21.8. The summed E-state index contributed by atoms with van der Waals surface area (Å²) in [7, 11) is 2.83. The van der Waals surface area contributed by atoms with Gasteiger partial charge in [-0.1, -0.05) is 13.8 Å². The Morgan fingerprint density at radius 3 is 2.54 bits per heavy atom. The number of carbonyl (C=O) groups excluding carboxylic acids is 3. The minimum Gasteiger partial charge on any atom is -0.497 e. The SMILES string of the molecule is COC(=O)[C@@H]1CC2(CC(=O)c3c(c(C(C)C)nc4ccc(OC)cc34)O2)CN1C(=O)OC(C)(C)C. The molecule has 0 radical (unpaired) electrons. The first-order valence-electron chi connectivity index (χ1n) is 11.7. The third kappa shape index (κ3) is 4.51. The summed E-state index contributed by atoms with van der Waals surface area (Å²) >= 11 is 0. The van der Waals surface area contributed by atoms with E-state index in [1.165, 1.54) is 12.0 Å². The van der Waals surface area contributed by atoms with Crippen LogP contribution in [0.5, 0.6) is 11.5 Å². The molecule has 1 saturated heterocycles. The van der Waals surface area contributed by atoms with Crippen molar-refractivity contribution >= 4 is 28.7 Å². The number of fused-ring (bicyclic) bond motifs is 3. The third-order valence-corrected chi connectivity index (χ3v) is 6.30. The van der Waals surface area contributed by atoms with Crippen LogP contribution in [0.15, 0.2) is 18.2 Å². The fourth-order valence-electron chi connectivity index (χ4n) is 4.78. The molecule has 0 bridgehead atoms. The number of aromatic nitrogens is 1. The molecule has 0 aliphatic carbocycles. The van der Waals surface area contributed by atoms with Crippen molar-refractivity contribution in [3.63, 3.8) is 0 Å². The number of benzene rings is 1. The van der Waals surface area contributed by atoms with Crippen LogP contribution in [0.4, 0.5) is 4.79 Å². The van der Waals surface area contributed by atoms with Crippen molar-refractivity contribution in [2.75, 3.05) is 20.8 Å². The summed E-state index contributed by atoms with van der Waals surface area (Å²) in [6.45, 7) is 9.22. The summed E-state index contributed by atoms with van der Waals surface area (Å²) < 4.78 is 22.4. The highest BCUT2D eigenvalue weighted by atomic mass is 16.6. The van der Waals surface area contributed by atoms with Crippen LogP contribution in [0, 0.1) is 0 Å². The summed E-state index contributed by atoms with van der Waals surface area (Å²) in [6.07, 6.45) is -0.546. The van der Waals surface area contributed by atoms with Crippen molar-refractivity contribution in [1.29, 1.82) is 0 Å². The highest BCUT2D eigenvalue weighted by molar-refractivity contribution is 6.11. The number of pyridine rings is 1. The van der Waals surface area contributed by atoms with Gasteiger partial charge in [-0.25, -0.2) is 14.6 Å². The van der Waals surface area contributed by atoms with E-state index < -0.39 is 29.3 Å². The number of ether oxygens (including phenoxy) is 4. The average molecular weight is 485 g/mol. The molecule has 1 unspecified atom stereocenters. The molecular weight excluding hydrogens is 452 g/mol. The first-order chi connectivity index (χ1) is 16.4. The van der Waals surface area contributed by atoms with Gasteiger partial charge in [-0.3, -0.25) is 9.69 Å². The van der Waals surface area contributed by atoms with Gasteiger partial charge in [0.2, 0.25) is 0 Å². The zero-order valence-electron chi connectivity index (χ0n) is 21.3. The number of Topliss-reactive ketones (excluding diaryl/α,β-unsaturated/α-hetero) is 1. The summed E-state index contributed by atoms with van der Waals surface area (Å²) in [6, 6.07) is 4.48. The molecule has 2 aromatic rings. The van der Waals surface area contributed by atoms with E-state index in [4.69, 9.17) is 23.9 Å². The smallest absolute Gasteiger partial charge is 0.411 e. The van der Waals surface area contributed by atoms with Crippen LogP contribution in [0.1, 0.15) is 69.4 Å². The first-order valence-corrected chi connectivity index (χ1v) is 11.7. The second kappa shape index (κ2) is 8.70. The molecular formula is C26H32N2O7. The Morgan fingerprint density at radius 1 is 1.23 bits per heavy atom. The number of methoxy groups -OCH3 is 2. The number of nitrogens with zero attached hydrogens (tertiary/aromatic N) is 2. The largest absolute Gasteiger partial charge is 0.497 e. The Hall–Kier alpha value is -3.36. The Morgan fingerprint density at radius 2 is 1.94 bits per heavy atom. The van der Waals surface area contributed by atoms with Gasteiger partial charge in [-0.2, -0.15) is 0 Å². The lowest BCUT2D eigenvalue weighted by molar-refractivity contribution is -0.145. The highest BCUT2D eigenvalue weighted by Gasteiger charge is 2.55. The van der Waals surface area contributed by atoms with E-state index in [1.807, 2.05) is 19.9 Å². The second-order valence-corrected chi connectivity index (χ2v) is 10.5. The third-order valence-electron chi connectivity index (χ3n) is 6.30.